The summed E-state index contributed by atoms with van der Waals surface area (Å²) in [6, 6.07) is 54.2. The van der Waals surface area contributed by atoms with Gasteiger partial charge in [0, 0.05) is 70.5 Å². The Morgan fingerprint density at radius 1 is 0.351 bits per heavy atom. The highest BCUT2D eigenvalue weighted by Gasteiger charge is 2.18. The van der Waals surface area contributed by atoms with E-state index in [1.54, 1.807) is 0 Å². The van der Waals surface area contributed by atoms with Gasteiger partial charge in [-0.2, -0.15) is 0 Å². The molecule has 11 rings (SSSR count). The molecule has 0 radical (unpaired) electrons. The summed E-state index contributed by atoms with van der Waals surface area (Å²) in [6.45, 7) is 2.08. The fourth-order valence-corrected chi connectivity index (χ4v) is 8.36. The van der Waals surface area contributed by atoms with E-state index in [1.807, 2.05) is 55.4 Å². The first-order valence-electron chi connectivity index (χ1n) is 19.1. The number of hydrogen-bond acceptors (Lipinski definition) is 4. The van der Waals surface area contributed by atoms with Crippen LogP contribution in [-0.2, 0) is 0 Å². The van der Waals surface area contributed by atoms with Gasteiger partial charge in [0.05, 0.1) is 33.1 Å². The number of fused-ring (bicyclic) bond motifs is 6. The Balaban J connectivity index is 1.03. The highest BCUT2D eigenvalue weighted by Crippen LogP contribution is 2.38. The van der Waals surface area contributed by atoms with Crippen molar-refractivity contribution in [2.24, 2.45) is 0 Å². The van der Waals surface area contributed by atoms with E-state index >= 15 is 0 Å². The smallest absolute Gasteiger partial charge is 0.0963 e. The van der Waals surface area contributed by atoms with Crippen molar-refractivity contribution in [1.82, 2.24) is 29.1 Å². The second kappa shape index (κ2) is 13.3. The van der Waals surface area contributed by atoms with Gasteiger partial charge in [0.25, 0.3) is 0 Å². The van der Waals surface area contributed by atoms with Gasteiger partial charge in [0.1, 0.15) is 0 Å². The first kappa shape index (κ1) is 32.7. The van der Waals surface area contributed by atoms with E-state index in [9.17, 15) is 0 Å². The predicted molar refractivity (Wildman–Crippen MR) is 233 cm³/mol. The van der Waals surface area contributed by atoms with Gasteiger partial charge < -0.3 is 9.13 Å². The van der Waals surface area contributed by atoms with Gasteiger partial charge in [-0.25, -0.2) is 0 Å². The number of benzene rings is 5. The zero-order valence-electron chi connectivity index (χ0n) is 31.1. The number of pyridine rings is 4. The lowest BCUT2D eigenvalue weighted by Gasteiger charge is -2.13. The van der Waals surface area contributed by atoms with E-state index in [4.69, 9.17) is 9.97 Å². The molecule has 0 amide bonds. The van der Waals surface area contributed by atoms with Gasteiger partial charge >= 0.3 is 0 Å². The summed E-state index contributed by atoms with van der Waals surface area (Å²) < 4.78 is 4.66. The van der Waals surface area contributed by atoms with Crippen LogP contribution in [0.2, 0.25) is 0 Å². The Morgan fingerprint density at radius 3 is 1.40 bits per heavy atom. The number of rotatable bonds is 6. The third-order valence-electron chi connectivity index (χ3n) is 11.0. The summed E-state index contributed by atoms with van der Waals surface area (Å²) in [5.41, 5.74) is 18.6. The zero-order chi connectivity index (χ0) is 37.9. The minimum Gasteiger partial charge on any atom is -0.308 e. The van der Waals surface area contributed by atoms with Crippen LogP contribution in [0.15, 0.2) is 189 Å². The number of aryl methyl sites for hydroxylation is 1. The number of nitrogens with zero attached hydrogens (tertiary/aromatic N) is 6. The molecule has 0 aliphatic carbocycles. The van der Waals surface area contributed by atoms with Crippen LogP contribution in [0.5, 0.6) is 0 Å². The topological polar surface area (TPSA) is 61.4 Å². The molecule has 6 nitrogen and oxygen atoms in total. The van der Waals surface area contributed by atoms with Crippen molar-refractivity contribution >= 4 is 43.9 Å². The van der Waals surface area contributed by atoms with Crippen LogP contribution in [0.25, 0.3) is 99.8 Å². The van der Waals surface area contributed by atoms with Crippen LogP contribution in [0.4, 0.5) is 0 Å². The first-order chi connectivity index (χ1) is 28.2. The van der Waals surface area contributed by atoms with Gasteiger partial charge in [0.2, 0.25) is 0 Å². The van der Waals surface area contributed by atoms with Crippen LogP contribution in [-0.4, -0.2) is 29.1 Å². The molecule has 6 heteroatoms. The van der Waals surface area contributed by atoms with Gasteiger partial charge in [-0.05, 0) is 137 Å². The van der Waals surface area contributed by atoms with Gasteiger partial charge in [0.15, 0.2) is 0 Å². The van der Waals surface area contributed by atoms with Crippen LogP contribution in [0, 0.1) is 6.92 Å². The summed E-state index contributed by atoms with van der Waals surface area (Å²) in [7, 11) is 0. The molecular formula is C51H34N6. The third-order valence-corrected chi connectivity index (χ3v) is 11.0. The molecule has 0 saturated heterocycles. The molecule has 0 fully saturated rings. The fraction of sp³-hybridized carbons (Fsp3) is 0.0196. The maximum absolute atomic E-state index is 4.93. The molecule has 6 aromatic heterocycles. The van der Waals surface area contributed by atoms with Crippen LogP contribution < -0.4 is 0 Å². The summed E-state index contributed by atoms with van der Waals surface area (Å²) in [6.07, 6.45) is 11.3. The van der Waals surface area contributed by atoms with E-state index in [2.05, 4.69) is 159 Å². The molecule has 0 spiro atoms. The van der Waals surface area contributed by atoms with E-state index in [0.717, 1.165) is 105 Å². The van der Waals surface area contributed by atoms with E-state index in [0.29, 0.717) is 0 Å². The molecule has 0 unspecified atom stereocenters. The highest BCUT2D eigenvalue weighted by atomic mass is 15.0. The quantitative estimate of drug-likeness (QED) is 0.171. The largest absolute Gasteiger partial charge is 0.308 e. The number of hydrogen-bond donors (Lipinski definition) is 0. The molecule has 6 heterocycles. The first-order valence-corrected chi connectivity index (χ1v) is 19.1. The second-order valence-corrected chi connectivity index (χ2v) is 14.6. The van der Waals surface area contributed by atoms with Crippen LogP contribution >= 0.6 is 0 Å². The molecular weight excluding hydrogens is 697 g/mol. The second-order valence-electron chi connectivity index (χ2n) is 14.6. The van der Waals surface area contributed by atoms with Gasteiger partial charge in [-0.15, -0.1) is 0 Å². The third kappa shape index (κ3) is 5.57. The molecule has 0 bridgehead atoms. The van der Waals surface area contributed by atoms with Crippen molar-refractivity contribution in [3.8, 4) is 55.9 Å². The fourth-order valence-electron chi connectivity index (χ4n) is 8.36. The standard InChI is InChI=1S/C51H34N6/c1-33-24-41(32-53-30-33)37-11-3-9-35(26-37)39-18-20-47-45(28-39)51-49(16-7-23-55-51)57(47)43-14-4-13-42(29-43)56-46-19-17-38(27-44(46)50-48(56)15-6-22-54-50)34-8-2-10-36(25-34)40-12-5-21-52-31-40/h2-32H,1H3. The maximum atomic E-state index is 4.93. The predicted octanol–water partition coefficient (Wildman–Crippen LogP) is 12.4. The molecule has 0 aliphatic heterocycles. The monoisotopic (exact) mass is 730 g/mol. The molecule has 268 valence electrons. The molecule has 0 atom stereocenters. The Labute approximate surface area is 329 Å². The molecule has 11 aromatic rings. The van der Waals surface area contributed by atoms with Crippen molar-refractivity contribution in [2.75, 3.05) is 0 Å². The van der Waals surface area contributed by atoms with Crippen molar-refractivity contribution < 1.29 is 0 Å². The van der Waals surface area contributed by atoms with Crippen molar-refractivity contribution in [2.45, 2.75) is 6.92 Å². The summed E-state index contributed by atoms with van der Waals surface area (Å²) in [5.74, 6) is 0. The summed E-state index contributed by atoms with van der Waals surface area (Å²) in [5, 5.41) is 2.22. The minimum absolute atomic E-state index is 0.972. The van der Waals surface area contributed by atoms with E-state index in [-0.39, 0.29) is 0 Å². The number of aromatic nitrogens is 6. The summed E-state index contributed by atoms with van der Waals surface area (Å²) in [4.78, 5) is 18.6. The SMILES string of the molecule is Cc1cncc(-c2cccc(-c3ccc4c(c3)c3ncccc3n4-c3cccc(-n4c5ccc(-c6cccc(-c7cccnc7)c6)cc5c5ncccc54)c3)c2)c1. The lowest BCUT2D eigenvalue weighted by molar-refractivity contribution is 1.13. The zero-order valence-corrected chi connectivity index (χ0v) is 31.1. The van der Waals surface area contributed by atoms with Gasteiger partial charge in [-0.1, -0.05) is 60.7 Å². The average Bonchev–Trinajstić information content (AvgIpc) is 3.79. The van der Waals surface area contributed by atoms with Crippen molar-refractivity contribution in [3.63, 3.8) is 0 Å². The Hall–Kier alpha value is -7.70. The van der Waals surface area contributed by atoms with Crippen LogP contribution in [0.3, 0.4) is 0 Å². The molecule has 5 aromatic carbocycles. The Morgan fingerprint density at radius 2 is 0.842 bits per heavy atom. The van der Waals surface area contributed by atoms with Crippen molar-refractivity contribution in [1.29, 1.82) is 0 Å². The summed E-state index contributed by atoms with van der Waals surface area (Å²) >= 11 is 0. The van der Waals surface area contributed by atoms with E-state index < -0.39 is 0 Å². The lowest BCUT2D eigenvalue weighted by Crippen LogP contribution is -1.98. The van der Waals surface area contributed by atoms with E-state index in [1.165, 1.54) is 0 Å². The molecule has 57 heavy (non-hydrogen) atoms. The normalized spacial score (nSPS) is 11.6. The highest BCUT2D eigenvalue weighted by molar-refractivity contribution is 6.10. The average molecular weight is 731 g/mol. The Kier molecular flexibility index (Phi) is 7.60. The minimum atomic E-state index is 0.972. The lowest BCUT2D eigenvalue weighted by atomic mass is 9.98. The maximum Gasteiger partial charge on any atom is 0.0963 e. The van der Waals surface area contributed by atoms with Crippen LogP contribution in [0.1, 0.15) is 5.56 Å². The molecule has 0 aliphatic rings. The Bertz CT molecular complexity index is 3320. The molecule has 0 N–H and O–H groups in total. The molecule has 0 saturated carbocycles. The van der Waals surface area contributed by atoms with Gasteiger partial charge in [-0.3, -0.25) is 19.9 Å². The van der Waals surface area contributed by atoms with Crippen molar-refractivity contribution in [3.05, 3.63) is 194 Å².